The molecule has 0 aliphatic carbocycles. The van der Waals surface area contributed by atoms with E-state index in [0.29, 0.717) is 16.7 Å². The highest BCUT2D eigenvalue weighted by Gasteiger charge is 2.26. The van der Waals surface area contributed by atoms with Gasteiger partial charge in [-0.05, 0) is 54.4 Å². The van der Waals surface area contributed by atoms with Crippen molar-refractivity contribution in [2.24, 2.45) is 0 Å². The zero-order valence-electron chi connectivity index (χ0n) is 16.2. The van der Waals surface area contributed by atoms with Crippen molar-refractivity contribution in [2.45, 2.75) is 24.3 Å². The standard InChI is InChI=1S/C24H20N2O2S/c1-16-13-14-20(15-17(16)2)23-25-26-24(28-23)29-22(19-11-7-4-8-12-19)21(27)18-9-5-3-6-10-18/h3-15,22H,1-2H3/t22-/m1/s1. The summed E-state index contributed by atoms with van der Waals surface area (Å²) in [5.41, 5.74) is 4.80. The fourth-order valence-electron chi connectivity index (χ4n) is 3.00. The van der Waals surface area contributed by atoms with Gasteiger partial charge in [0, 0.05) is 11.1 Å². The molecule has 0 spiro atoms. The minimum absolute atomic E-state index is 0.00716. The molecule has 0 radical (unpaired) electrons. The van der Waals surface area contributed by atoms with Crippen LogP contribution in [0.15, 0.2) is 88.5 Å². The van der Waals surface area contributed by atoms with Gasteiger partial charge in [-0.3, -0.25) is 4.79 Å². The Balaban J connectivity index is 1.64. The van der Waals surface area contributed by atoms with Crippen LogP contribution in [0.5, 0.6) is 0 Å². The third kappa shape index (κ3) is 4.30. The summed E-state index contributed by atoms with van der Waals surface area (Å²) in [6.07, 6.45) is 0. The molecule has 0 fully saturated rings. The van der Waals surface area contributed by atoms with Gasteiger partial charge in [0.1, 0.15) is 5.25 Å². The summed E-state index contributed by atoms with van der Waals surface area (Å²) in [4.78, 5) is 13.2. The molecule has 0 bridgehead atoms. The number of aromatic nitrogens is 2. The first-order chi connectivity index (χ1) is 14.1. The van der Waals surface area contributed by atoms with Gasteiger partial charge in [-0.2, -0.15) is 0 Å². The maximum absolute atomic E-state index is 13.2. The Labute approximate surface area is 174 Å². The molecule has 144 valence electrons. The minimum atomic E-state index is -0.466. The van der Waals surface area contributed by atoms with Crippen molar-refractivity contribution >= 4 is 17.5 Å². The molecule has 0 saturated carbocycles. The van der Waals surface area contributed by atoms with Gasteiger partial charge in [-0.1, -0.05) is 66.7 Å². The summed E-state index contributed by atoms with van der Waals surface area (Å²) in [6.45, 7) is 4.11. The van der Waals surface area contributed by atoms with Crippen LogP contribution in [0.25, 0.3) is 11.5 Å². The molecule has 0 aliphatic heterocycles. The SMILES string of the molecule is Cc1ccc(-c2nnc(S[C@@H](C(=O)c3ccccc3)c3ccccc3)o2)cc1C. The molecule has 0 saturated heterocycles. The van der Waals surface area contributed by atoms with Gasteiger partial charge < -0.3 is 4.42 Å². The van der Waals surface area contributed by atoms with E-state index >= 15 is 0 Å². The highest BCUT2D eigenvalue weighted by molar-refractivity contribution is 8.00. The van der Waals surface area contributed by atoms with Crippen LogP contribution in [0.3, 0.4) is 0 Å². The molecule has 4 aromatic rings. The number of nitrogens with zero attached hydrogens (tertiary/aromatic N) is 2. The maximum atomic E-state index is 13.2. The van der Waals surface area contributed by atoms with Gasteiger partial charge in [0.15, 0.2) is 5.78 Å². The number of benzene rings is 3. The van der Waals surface area contributed by atoms with E-state index in [4.69, 9.17) is 4.42 Å². The number of carbonyl (C=O) groups excluding carboxylic acids is 1. The molecule has 3 aromatic carbocycles. The summed E-state index contributed by atoms with van der Waals surface area (Å²) >= 11 is 1.28. The van der Waals surface area contributed by atoms with E-state index in [-0.39, 0.29) is 5.78 Å². The molecule has 0 unspecified atom stereocenters. The second-order valence-corrected chi connectivity index (χ2v) is 7.87. The number of hydrogen-bond donors (Lipinski definition) is 0. The third-order valence-corrected chi connectivity index (χ3v) is 5.87. The van der Waals surface area contributed by atoms with E-state index in [1.165, 1.54) is 17.3 Å². The normalized spacial score (nSPS) is 11.9. The molecule has 4 rings (SSSR count). The first kappa shape index (κ1) is 19.2. The predicted octanol–water partition coefficient (Wildman–Crippen LogP) is 6.07. The quantitative estimate of drug-likeness (QED) is 0.290. The Kier molecular flexibility index (Phi) is 5.58. The number of ketones is 1. The Morgan fingerprint density at radius 3 is 2.24 bits per heavy atom. The lowest BCUT2D eigenvalue weighted by Gasteiger charge is -2.14. The molecule has 0 N–H and O–H groups in total. The molecule has 4 nitrogen and oxygen atoms in total. The Morgan fingerprint density at radius 1 is 0.862 bits per heavy atom. The van der Waals surface area contributed by atoms with Crippen LogP contribution in [0.2, 0.25) is 0 Å². The predicted molar refractivity (Wildman–Crippen MR) is 115 cm³/mol. The van der Waals surface area contributed by atoms with Crippen molar-refractivity contribution in [2.75, 3.05) is 0 Å². The van der Waals surface area contributed by atoms with Gasteiger partial charge in [0.25, 0.3) is 5.22 Å². The second-order valence-electron chi connectivity index (χ2n) is 6.81. The number of rotatable bonds is 6. The summed E-state index contributed by atoms with van der Waals surface area (Å²) in [7, 11) is 0. The summed E-state index contributed by atoms with van der Waals surface area (Å²) in [5, 5.41) is 8.27. The van der Waals surface area contributed by atoms with Gasteiger partial charge in [-0.25, -0.2) is 0 Å². The van der Waals surface area contributed by atoms with Crippen molar-refractivity contribution in [3.05, 3.63) is 101 Å². The maximum Gasteiger partial charge on any atom is 0.277 e. The summed E-state index contributed by atoms with van der Waals surface area (Å²) in [5.74, 6) is 0.460. The fourth-order valence-corrected chi connectivity index (χ4v) is 3.96. The molecule has 5 heteroatoms. The molecule has 1 heterocycles. The Bertz CT molecular complexity index is 1120. The van der Waals surface area contributed by atoms with Crippen LogP contribution >= 0.6 is 11.8 Å². The van der Waals surface area contributed by atoms with Gasteiger partial charge in [-0.15, -0.1) is 10.2 Å². The molecule has 1 aromatic heterocycles. The van der Waals surface area contributed by atoms with E-state index < -0.39 is 5.25 Å². The van der Waals surface area contributed by atoms with Crippen LogP contribution < -0.4 is 0 Å². The lowest BCUT2D eigenvalue weighted by molar-refractivity contribution is 0.0989. The third-order valence-electron chi connectivity index (χ3n) is 4.78. The van der Waals surface area contributed by atoms with E-state index in [2.05, 4.69) is 24.0 Å². The monoisotopic (exact) mass is 400 g/mol. The number of carbonyl (C=O) groups is 1. The average Bonchev–Trinajstić information content (AvgIpc) is 3.23. The van der Waals surface area contributed by atoms with Crippen LogP contribution in [0.1, 0.15) is 32.3 Å². The molecular weight excluding hydrogens is 380 g/mol. The van der Waals surface area contributed by atoms with E-state index in [1.807, 2.05) is 78.9 Å². The molecular formula is C24H20N2O2S. The molecule has 0 aliphatic rings. The molecule has 1 atom stereocenters. The smallest absolute Gasteiger partial charge is 0.277 e. The van der Waals surface area contributed by atoms with Crippen LogP contribution in [0.4, 0.5) is 0 Å². The van der Waals surface area contributed by atoms with Crippen LogP contribution in [-0.2, 0) is 0 Å². The van der Waals surface area contributed by atoms with E-state index in [1.54, 1.807) is 0 Å². The van der Waals surface area contributed by atoms with E-state index in [0.717, 1.165) is 16.7 Å². The Hall–Kier alpha value is -3.18. The van der Waals surface area contributed by atoms with Crippen molar-refractivity contribution in [1.82, 2.24) is 10.2 Å². The number of Topliss-reactive ketones (excluding diaryl/α,β-unsaturated/α-hetero) is 1. The van der Waals surface area contributed by atoms with Crippen molar-refractivity contribution < 1.29 is 9.21 Å². The average molecular weight is 401 g/mol. The van der Waals surface area contributed by atoms with Crippen LogP contribution in [0, 0.1) is 13.8 Å². The highest BCUT2D eigenvalue weighted by Crippen LogP contribution is 2.38. The van der Waals surface area contributed by atoms with Gasteiger partial charge >= 0.3 is 0 Å². The molecule has 0 amide bonds. The Morgan fingerprint density at radius 2 is 1.55 bits per heavy atom. The first-order valence-corrected chi connectivity index (χ1v) is 10.2. The summed E-state index contributed by atoms with van der Waals surface area (Å²) in [6, 6.07) is 25.0. The van der Waals surface area contributed by atoms with E-state index in [9.17, 15) is 4.79 Å². The topological polar surface area (TPSA) is 56.0 Å². The lowest BCUT2D eigenvalue weighted by atomic mass is 10.0. The van der Waals surface area contributed by atoms with Crippen molar-refractivity contribution in [1.29, 1.82) is 0 Å². The zero-order chi connectivity index (χ0) is 20.2. The van der Waals surface area contributed by atoms with Gasteiger partial charge in [0.05, 0.1) is 0 Å². The van der Waals surface area contributed by atoms with Crippen molar-refractivity contribution in [3.8, 4) is 11.5 Å². The molecule has 29 heavy (non-hydrogen) atoms. The van der Waals surface area contributed by atoms with Gasteiger partial charge in [0.2, 0.25) is 5.89 Å². The van der Waals surface area contributed by atoms with Crippen molar-refractivity contribution in [3.63, 3.8) is 0 Å². The number of thioether (sulfide) groups is 1. The minimum Gasteiger partial charge on any atom is -0.411 e. The largest absolute Gasteiger partial charge is 0.411 e. The second kappa shape index (κ2) is 8.45. The zero-order valence-corrected chi connectivity index (χ0v) is 17.0. The summed E-state index contributed by atoms with van der Waals surface area (Å²) < 4.78 is 5.89. The first-order valence-electron chi connectivity index (χ1n) is 9.34. The highest BCUT2D eigenvalue weighted by atomic mass is 32.2. The fraction of sp³-hybridized carbons (Fsp3) is 0.125. The number of hydrogen-bond acceptors (Lipinski definition) is 5. The van der Waals surface area contributed by atoms with Crippen LogP contribution in [-0.4, -0.2) is 16.0 Å². The number of aryl methyl sites for hydroxylation is 2. The lowest BCUT2D eigenvalue weighted by Crippen LogP contribution is -2.10.